The number of nitrogens with zero attached hydrogens (tertiary/aromatic N) is 1. The monoisotopic (exact) mass is 319 g/mol. The van der Waals surface area contributed by atoms with Crippen LogP contribution in [0.25, 0.3) is 0 Å². The summed E-state index contributed by atoms with van der Waals surface area (Å²) >= 11 is 0. The van der Waals surface area contributed by atoms with Gasteiger partial charge < -0.3 is 18.7 Å². The molecule has 7 nitrogen and oxygen atoms in total. The molecule has 0 spiro atoms. The van der Waals surface area contributed by atoms with Gasteiger partial charge in [-0.15, -0.1) is 0 Å². The number of aromatic nitrogens is 1. The number of hydrogen-bond acceptors (Lipinski definition) is 7. The van der Waals surface area contributed by atoms with Crippen LogP contribution in [0.5, 0.6) is 11.5 Å². The van der Waals surface area contributed by atoms with Crippen LogP contribution < -0.4 is 9.47 Å². The van der Waals surface area contributed by atoms with Crippen molar-refractivity contribution in [2.45, 2.75) is 13.8 Å². The van der Waals surface area contributed by atoms with Gasteiger partial charge in [0.15, 0.2) is 6.61 Å². The molecular formula is C16H17NO6. The van der Waals surface area contributed by atoms with E-state index < -0.39 is 12.6 Å². The van der Waals surface area contributed by atoms with E-state index >= 15 is 0 Å². The zero-order valence-electron chi connectivity index (χ0n) is 13.3. The van der Waals surface area contributed by atoms with E-state index in [1.807, 2.05) is 0 Å². The third-order valence-corrected chi connectivity index (χ3v) is 3.28. The van der Waals surface area contributed by atoms with Crippen LogP contribution in [0.4, 0.5) is 0 Å². The number of hydrogen-bond donors (Lipinski definition) is 0. The number of carbonyl (C=O) groups excluding carboxylic acids is 2. The second kappa shape index (κ2) is 6.95. The fourth-order valence-corrected chi connectivity index (χ4v) is 2.08. The summed E-state index contributed by atoms with van der Waals surface area (Å²) in [5, 5.41) is 3.67. The van der Waals surface area contributed by atoms with Crippen LogP contribution in [0.1, 0.15) is 32.2 Å². The lowest BCUT2D eigenvalue weighted by Gasteiger charge is -2.10. The Labute approximate surface area is 133 Å². The smallest absolute Gasteiger partial charge is 0.344 e. The average Bonchev–Trinajstić information content (AvgIpc) is 2.90. The molecule has 0 radical (unpaired) electrons. The highest BCUT2D eigenvalue weighted by molar-refractivity contribution is 6.01. The lowest BCUT2D eigenvalue weighted by molar-refractivity contribution is 0.0471. The fraction of sp³-hybridized carbons (Fsp3) is 0.312. The second-order valence-electron chi connectivity index (χ2n) is 4.76. The second-order valence-corrected chi connectivity index (χ2v) is 4.76. The van der Waals surface area contributed by atoms with E-state index in [2.05, 4.69) is 5.16 Å². The zero-order valence-corrected chi connectivity index (χ0v) is 13.3. The number of rotatable bonds is 6. The number of ether oxygens (including phenoxy) is 3. The van der Waals surface area contributed by atoms with E-state index in [0.717, 1.165) is 0 Å². The van der Waals surface area contributed by atoms with Gasteiger partial charge in [-0.1, -0.05) is 5.16 Å². The number of aryl methyl sites for hydroxylation is 2. The minimum absolute atomic E-state index is 0.236. The molecule has 122 valence electrons. The first kappa shape index (κ1) is 16.5. The Bertz CT molecular complexity index is 715. The summed E-state index contributed by atoms with van der Waals surface area (Å²) in [6.07, 6.45) is 0. The van der Waals surface area contributed by atoms with Crippen LogP contribution in [0.15, 0.2) is 22.7 Å². The maximum absolute atomic E-state index is 12.2. The lowest BCUT2D eigenvalue weighted by Crippen LogP contribution is -2.16. The van der Waals surface area contributed by atoms with E-state index in [1.54, 1.807) is 32.0 Å². The molecule has 23 heavy (non-hydrogen) atoms. The Kier molecular flexibility index (Phi) is 5.00. The van der Waals surface area contributed by atoms with Crippen molar-refractivity contribution < 1.29 is 28.3 Å². The van der Waals surface area contributed by atoms with Crippen molar-refractivity contribution in [1.82, 2.24) is 5.16 Å². The van der Waals surface area contributed by atoms with Crippen molar-refractivity contribution in [3.8, 4) is 11.5 Å². The number of esters is 1. The van der Waals surface area contributed by atoms with Crippen LogP contribution in [0.3, 0.4) is 0 Å². The van der Waals surface area contributed by atoms with Crippen molar-refractivity contribution in [2.24, 2.45) is 0 Å². The van der Waals surface area contributed by atoms with Crippen molar-refractivity contribution in [2.75, 3.05) is 20.8 Å². The summed E-state index contributed by atoms with van der Waals surface area (Å²) in [7, 11) is 2.96. The molecule has 7 heteroatoms. The van der Waals surface area contributed by atoms with Gasteiger partial charge >= 0.3 is 5.97 Å². The Morgan fingerprint density at radius 2 is 1.91 bits per heavy atom. The van der Waals surface area contributed by atoms with Crippen LogP contribution in [0.2, 0.25) is 0 Å². The molecule has 0 saturated carbocycles. The molecule has 0 N–H and O–H groups in total. The first-order valence-electron chi connectivity index (χ1n) is 6.83. The molecule has 1 heterocycles. The summed E-state index contributed by atoms with van der Waals surface area (Å²) in [4.78, 5) is 24.2. The molecule has 0 saturated heterocycles. The first-order valence-corrected chi connectivity index (χ1v) is 6.83. The van der Waals surface area contributed by atoms with Crippen LogP contribution >= 0.6 is 0 Å². The van der Waals surface area contributed by atoms with Gasteiger partial charge in [0, 0.05) is 6.07 Å². The largest absolute Gasteiger partial charge is 0.497 e. The highest BCUT2D eigenvalue weighted by atomic mass is 16.5. The van der Waals surface area contributed by atoms with Gasteiger partial charge in [0.25, 0.3) is 0 Å². The molecule has 0 amide bonds. The van der Waals surface area contributed by atoms with Gasteiger partial charge in [-0.2, -0.15) is 0 Å². The predicted octanol–water partition coefficient (Wildman–Crippen LogP) is 2.35. The molecule has 0 bridgehead atoms. The van der Waals surface area contributed by atoms with Gasteiger partial charge in [0.1, 0.15) is 22.8 Å². The molecular weight excluding hydrogens is 302 g/mol. The van der Waals surface area contributed by atoms with Crippen molar-refractivity contribution in [3.05, 3.63) is 40.8 Å². The molecule has 1 aromatic heterocycles. The quantitative estimate of drug-likeness (QED) is 0.596. The van der Waals surface area contributed by atoms with Crippen LogP contribution in [-0.2, 0) is 4.74 Å². The minimum Gasteiger partial charge on any atom is -0.497 e. The molecule has 0 atom stereocenters. The third kappa shape index (κ3) is 3.50. The topological polar surface area (TPSA) is 87.9 Å². The van der Waals surface area contributed by atoms with E-state index in [9.17, 15) is 9.59 Å². The Hall–Kier alpha value is -2.83. The molecule has 2 rings (SSSR count). The Balaban J connectivity index is 2.09. The predicted molar refractivity (Wildman–Crippen MR) is 80.1 cm³/mol. The summed E-state index contributed by atoms with van der Waals surface area (Å²) in [6.45, 7) is 2.82. The van der Waals surface area contributed by atoms with Crippen LogP contribution in [-0.4, -0.2) is 37.7 Å². The highest BCUT2D eigenvalue weighted by Gasteiger charge is 2.21. The first-order chi connectivity index (χ1) is 11.0. The number of Topliss-reactive ketones (excluding diaryl/α,β-unsaturated/α-hetero) is 1. The van der Waals surface area contributed by atoms with Gasteiger partial charge in [-0.05, 0) is 26.0 Å². The summed E-state index contributed by atoms with van der Waals surface area (Å²) < 4.78 is 20.2. The molecule has 2 aromatic rings. The van der Waals surface area contributed by atoms with Gasteiger partial charge in [0.2, 0.25) is 5.78 Å². The highest BCUT2D eigenvalue weighted by Crippen LogP contribution is 2.25. The number of ketones is 1. The normalized spacial score (nSPS) is 10.3. The third-order valence-electron chi connectivity index (χ3n) is 3.28. The fourth-order valence-electron chi connectivity index (χ4n) is 2.08. The van der Waals surface area contributed by atoms with Crippen molar-refractivity contribution >= 4 is 11.8 Å². The summed E-state index contributed by atoms with van der Waals surface area (Å²) in [5.41, 5.74) is 0.960. The van der Waals surface area contributed by atoms with Crippen LogP contribution in [0, 0.1) is 13.8 Å². The zero-order chi connectivity index (χ0) is 17.0. The van der Waals surface area contributed by atoms with E-state index in [4.69, 9.17) is 18.7 Å². The number of carbonyl (C=O) groups is 2. The van der Waals surface area contributed by atoms with E-state index in [0.29, 0.717) is 28.5 Å². The van der Waals surface area contributed by atoms with Crippen molar-refractivity contribution in [3.63, 3.8) is 0 Å². The molecule has 0 aliphatic carbocycles. The minimum atomic E-state index is -0.651. The van der Waals surface area contributed by atoms with Gasteiger partial charge in [-0.3, -0.25) is 4.79 Å². The maximum atomic E-state index is 12.2. The molecule has 0 unspecified atom stereocenters. The number of methoxy groups -OCH3 is 2. The van der Waals surface area contributed by atoms with Gasteiger partial charge in [0.05, 0.1) is 25.5 Å². The summed E-state index contributed by atoms with van der Waals surface area (Å²) in [6, 6.07) is 4.78. The average molecular weight is 319 g/mol. The van der Waals surface area contributed by atoms with E-state index in [1.165, 1.54) is 14.2 Å². The standard InChI is InChI=1S/C16H17NO6/c1-9-15(10(2)23-17-9)16(19)22-8-13(18)12-6-5-11(20-3)7-14(12)21-4/h5-7H,8H2,1-4H3. The molecule has 0 aliphatic rings. The number of benzene rings is 1. The van der Waals surface area contributed by atoms with E-state index in [-0.39, 0.29) is 11.3 Å². The van der Waals surface area contributed by atoms with Crippen molar-refractivity contribution in [1.29, 1.82) is 0 Å². The Morgan fingerprint density at radius 1 is 1.17 bits per heavy atom. The van der Waals surface area contributed by atoms with Gasteiger partial charge in [-0.25, -0.2) is 4.79 Å². The SMILES string of the molecule is COc1ccc(C(=O)COC(=O)c2c(C)noc2C)c(OC)c1. The molecule has 1 aromatic carbocycles. The Morgan fingerprint density at radius 3 is 2.48 bits per heavy atom. The molecule has 0 aliphatic heterocycles. The lowest BCUT2D eigenvalue weighted by atomic mass is 10.1. The molecule has 0 fully saturated rings. The summed E-state index contributed by atoms with van der Waals surface area (Å²) in [5.74, 6) is 0.225. The maximum Gasteiger partial charge on any atom is 0.344 e.